The standard InChI is InChI=1S/C15H28N2O3/c1-14(2)3-5-15(19,6-4-14)11-17-13(18)9-12-10-16-7-8-20-12/h12,16,19H,3-11H2,1-2H3,(H,17,18). The molecule has 5 heteroatoms. The van der Waals surface area contributed by atoms with Crippen molar-refractivity contribution >= 4 is 5.91 Å². The van der Waals surface area contributed by atoms with Crippen molar-refractivity contribution in [3.63, 3.8) is 0 Å². The first-order valence-corrected chi connectivity index (χ1v) is 7.70. The Morgan fingerprint density at radius 1 is 1.35 bits per heavy atom. The van der Waals surface area contributed by atoms with Gasteiger partial charge in [0.05, 0.1) is 24.7 Å². The van der Waals surface area contributed by atoms with Crippen LogP contribution in [0.5, 0.6) is 0 Å². The van der Waals surface area contributed by atoms with Crippen LogP contribution in [0.1, 0.15) is 46.0 Å². The quantitative estimate of drug-likeness (QED) is 0.714. The summed E-state index contributed by atoms with van der Waals surface area (Å²) in [6.45, 7) is 7.08. The first-order valence-electron chi connectivity index (χ1n) is 7.70. The fraction of sp³-hybridized carbons (Fsp3) is 0.933. The Morgan fingerprint density at radius 3 is 2.65 bits per heavy atom. The van der Waals surface area contributed by atoms with Crippen LogP contribution in [0, 0.1) is 5.41 Å². The molecule has 0 radical (unpaired) electrons. The summed E-state index contributed by atoms with van der Waals surface area (Å²) in [6.07, 6.45) is 3.88. The summed E-state index contributed by atoms with van der Waals surface area (Å²) in [4.78, 5) is 11.9. The lowest BCUT2D eigenvalue weighted by Gasteiger charge is -2.40. The number of rotatable bonds is 4. The van der Waals surface area contributed by atoms with Crippen LogP contribution in [0.3, 0.4) is 0 Å². The smallest absolute Gasteiger partial charge is 0.222 e. The van der Waals surface area contributed by atoms with Gasteiger partial charge in [-0.15, -0.1) is 0 Å². The minimum Gasteiger partial charge on any atom is -0.388 e. The molecule has 5 nitrogen and oxygen atoms in total. The number of amides is 1. The van der Waals surface area contributed by atoms with Crippen LogP contribution in [0.4, 0.5) is 0 Å². The van der Waals surface area contributed by atoms with Crippen LogP contribution in [0.15, 0.2) is 0 Å². The molecule has 20 heavy (non-hydrogen) atoms. The number of carbonyl (C=O) groups excluding carboxylic acids is 1. The summed E-state index contributed by atoms with van der Waals surface area (Å²) in [5.74, 6) is -0.0306. The molecular weight excluding hydrogens is 256 g/mol. The molecule has 1 saturated carbocycles. The predicted molar refractivity (Wildman–Crippen MR) is 77.4 cm³/mol. The van der Waals surface area contributed by atoms with Crippen molar-refractivity contribution in [2.24, 2.45) is 5.41 Å². The van der Waals surface area contributed by atoms with Crippen LogP contribution in [-0.4, -0.2) is 49.0 Å². The van der Waals surface area contributed by atoms with Gasteiger partial charge in [0.2, 0.25) is 5.91 Å². The fourth-order valence-corrected chi connectivity index (χ4v) is 2.86. The first-order chi connectivity index (χ1) is 9.39. The molecule has 2 fully saturated rings. The van der Waals surface area contributed by atoms with E-state index in [9.17, 15) is 9.90 Å². The summed E-state index contributed by atoms with van der Waals surface area (Å²) in [6, 6.07) is 0. The summed E-state index contributed by atoms with van der Waals surface area (Å²) in [7, 11) is 0. The van der Waals surface area contributed by atoms with Gasteiger partial charge in [-0.05, 0) is 31.1 Å². The highest BCUT2D eigenvalue weighted by molar-refractivity contribution is 5.76. The van der Waals surface area contributed by atoms with Gasteiger partial charge >= 0.3 is 0 Å². The van der Waals surface area contributed by atoms with Crippen molar-refractivity contribution in [1.82, 2.24) is 10.6 Å². The number of carbonyl (C=O) groups is 1. The monoisotopic (exact) mass is 284 g/mol. The number of hydrogen-bond donors (Lipinski definition) is 3. The Hall–Kier alpha value is -0.650. The van der Waals surface area contributed by atoms with Gasteiger partial charge in [-0.1, -0.05) is 13.8 Å². The molecule has 116 valence electrons. The molecule has 0 aromatic rings. The molecule has 3 N–H and O–H groups in total. The van der Waals surface area contributed by atoms with E-state index in [1.165, 1.54) is 0 Å². The predicted octanol–water partition coefficient (Wildman–Crippen LogP) is 0.812. The zero-order valence-electron chi connectivity index (χ0n) is 12.7. The molecule has 0 spiro atoms. The molecule has 1 aliphatic carbocycles. The van der Waals surface area contributed by atoms with E-state index in [1.54, 1.807) is 0 Å². The zero-order valence-corrected chi connectivity index (χ0v) is 12.7. The van der Waals surface area contributed by atoms with Gasteiger partial charge < -0.3 is 20.5 Å². The first kappa shape index (κ1) is 15.7. The van der Waals surface area contributed by atoms with E-state index in [4.69, 9.17) is 4.74 Å². The second-order valence-electron chi connectivity index (χ2n) is 7.07. The Balaban J connectivity index is 1.70. The number of nitrogens with one attached hydrogen (secondary N) is 2. The summed E-state index contributed by atoms with van der Waals surface area (Å²) in [5.41, 5.74) is -0.408. The molecule has 0 aromatic carbocycles. The van der Waals surface area contributed by atoms with Crippen LogP contribution in [-0.2, 0) is 9.53 Å². The van der Waals surface area contributed by atoms with E-state index in [0.717, 1.165) is 38.8 Å². The minimum absolute atomic E-state index is 0.0306. The fourth-order valence-electron chi connectivity index (χ4n) is 2.86. The molecule has 0 bridgehead atoms. The topological polar surface area (TPSA) is 70.6 Å². The molecule has 2 aliphatic rings. The molecule has 1 heterocycles. The van der Waals surface area contributed by atoms with Gasteiger partial charge in [0.25, 0.3) is 0 Å². The van der Waals surface area contributed by atoms with Crippen molar-refractivity contribution in [1.29, 1.82) is 0 Å². The Bertz CT molecular complexity index is 328. The van der Waals surface area contributed by atoms with Crippen LogP contribution in [0.2, 0.25) is 0 Å². The third kappa shape index (κ3) is 4.72. The van der Waals surface area contributed by atoms with E-state index in [1.807, 2.05) is 0 Å². The van der Waals surface area contributed by atoms with E-state index < -0.39 is 5.60 Å². The molecule has 1 atom stereocenters. The molecule has 1 amide bonds. The van der Waals surface area contributed by atoms with Gasteiger partial charge in [-0.3, -0.25) is 4.79 Å². The maximum absolute atomic E-state index is 11.9. The van der Waals surface area contributed by atoms with Crippen LogP contribution in [0.25, 0.3) is 0 Å². The van der Waals surface area contributed by atoms with Crippen molar-refractivity contribution in [2.75, 3.05) is 26.2 Å². The summed E-state index contributed by atoms with van der Waals surface area (Å²) >= 11 is 0. The molecular formula is C15H28N2O3. The Kier molecular flexibility index (Phi) is 5.04. The van der Waals surface area contributed by atoms with Gasteiger partial charge in [-0.2, -0.15) is 0 Å². The summed E-state index contributed by atoms with van der Waals surface area (Å²) in [5, 5.41) is 16.6. The second kappa shape index (κ2) is 6.41. The minimum atomic E-state index is -0.725. The maximum Gasteiger partial charge on any atom is 0.222 e. The number of ether oxygens (including phenoxy) is 1. The highest BCUT2D eigenvalue weighted by atomic mass is 16.5. The number of aliphatic hydroxyl groups is 1. The lowest BCUT2D eigenvalue weighted by atomic mass is 9.71. The van der Waals surface area contributed by atoms with Crippen molar-refractivity contribution in [3.8, 4) is 0 Å². The third-order valence-corrected chi connectivity index (χ3v) is 4.57. The summed E-state index contributed by atoms with van der Waals surface area (Å²) < 4.78 is 5.51. The zero-order chi connectivity index (χ0) is 14.6. The third-order valence-electron chi connectivity index (χ3n) is 4.57. The maximum atomic E-state index is 11.9. The Morgan fingerprint density at radius 2 is 2.05 bits per heavy atom. The van der Waals surface area contributed by atoms with Gasteiger partial charge in [-0.25, -0.2) is 0 Å². The molecule has 1 unspecified atom stereocenters. The largest absolute Gasteiger partial charge is 0.388 e. The van der Waals surface area contributed by atoms with Crippen molar-refractivity contribution in [3.05, 3.63) is 0 Å². The van der Waals surface area contributed by atoms with Gasteiger partial charge in [0, 0.05) is 19.6 Å². The van der Waals surface area contributed by atoms with Crippen molar-refractivity contribution in [2.45, 2.75) is 57.7 Å². The SMILES string of the molecule is CC1(C)CCC(O)(CNC(=O)CC2CNCCO2)CC1. The second-order valence-corrected chi connectivity index (χ2v) is 7.07. The molecule has 0 aromatic heterocycles. The van der Waals surface area contributed by atoms with E-state index in [0.29, 0.717) is 25.0 Å². The highest BCUT2D eigenvalue weighted by Crippen LogP contribution is 2.39. The molecule has 1 saturated heterocycles. The average Bonchev–Trinajstić information content (AvgIpc) is 2.42. The van der Waals surface area contributed by atoms with E-state index in [2.05, 4.69) is 24.5 Å². The highest BCUT2D eigenvalue weighted by Gasteiger charge is 2.36. The van der Waals surface area contributed by atoms with E-state index in [-0.39, 0.29) is 12.0 Å². The lowest BCUT2D eigenvalue weighted by Crippen LogP contribution is -2.48. The lowest BCUT2D eigenvalue weighted by molar-refractivity contribution is -0.126. The average molecular weight is 284 g/mol. The molecule has 1 aliphatic heterocycles. The van der Waals surface area contributed by atoms with Crippen LogP contribution < -0.4 is 10.6 Å². The van der Waals surface area contributed by atoms with Crippen molar-refractivity contribution < 1.29 is 14.6 Å². The number of morpholine rings is 1. The van der Waals surface area contributed by atoms with Gasteiger partial charge in [0.15, 0.2) is 0 Å². The van der Waals surface area contributed by atoms with E-state index >= 15 is 0 Å². The number of hydrogen-bond acceptors (Lipinski definition) is 4. The normalized spacial score (nSPS) is 28.9. The molecule has 2 rings (SSSR count). The Labute approximate surface area is 121 Å². The van der Waals surface area contributed by atoms with Crippen LogP contribution >= 0.6 is 0 Å². The van der Waals surface area contributed by atoms with Gasteiger partial charge in [0.1, 0.15) is 0 Å².